The van der Waals surface area contributed by atoms with E-state index >= 15 is 0 Å². The number of hydrogen-bond acceptors (Lipinski definition) is 3. The second-order valence-electron chi connectivity index (χ2n) is 5.04. The van der Waals surface area contributed by atoms with Crippen LogP contribution in [0.4, 0.5) is 5.69 Å². The van der Waals surface area contributed by atoms with Gasteiger partial charge >= 0.3 is 0 Å². The SMILES string of the molecule is CC1CCC(C)N(Cc2cc(N)ccn2)C1. The monoisotopic (exact) mass is 219 g/mol. The second kappa shape index (κ2) is 4.83. The zero-order valence-electron chi connectivity index (χ0n) is 10.2. The molecule has 16 heavy (non-hydrogen) atoms. The van der Waals surface area contributed by atoms with E-state index in [1.54, 1.807) is 6.20 Å². The predicted molar refractivity (Wildman–Crippen MR) is 66.9 cm³/mol. The Morgan fingerprint density at radius 3 is 3.00 bits per heavy atom. The van der Waals surface area contributed by atoms with Crippen LogP contribution in [0.25, 0.3) is 0 Å². The maximum atomic E-state index is 5.77. The van der Waals surface area contributed by atoms with Crippen LogP contribution in [0.3, 0.4) is 0 Å². The lowest BCUT2D eigenvalue weighted by atomic mass is 9.95. The Hall–Kier alpha value is -1.09. The van der Waals surface area contributed by atoms with Gasteiger partial charge in [-0.25, -0.2) is 0 Å². The summed E-state index contributed by atoms with van der Waals surface area (Å²) in [5.74, 6) is 0.803. The van der Waals surface area contributed by atoms with Crippen LogP contribution in [0, 0.1) is 5.92 Å². The minimum Gasteiger partial charge on any atom is -0.399 e. The summed E-state index contributed by atoms with van der Waals surface area (Å²) in [6.07, 6.45) is 4.44. The predicted octanol–water partition coefficient (Wildman–Crippen LogP) is 2.28. The molecular weight excluding hydrogens is 198 g/mol. The zero-order chi connectivity index (χ0) is 11.5. The van der Waals surface area contributed by atoms with Crippen molar-refractivity contribution < 1.29 is 0 Å². The van der Waals surface area contributed by atoms with Crippen molar-refractivity contribution in [3.8, 4) is 0 Å². The summed E-state index contributed by atoms with van der Waals surface area (Å²) in [7, 11) is 0. The topological polar surface area (TPSA) is 42.1 Å². The van der Waals surface area contributed by atoms with Crippen molar-refractivity contribution in [3.63, 3.8) is 0 Å². The van der Waals surface area contributed by atoms with Gasteiger partial charge < -0.3 is 5.73 Å². The van der Waals surface area contributed by atoms with Gasteiger partial charge in [0.25, 0.3) is 0 Å². The molecule has 1 aliphatic rings. The molecule has 1 aromatic rings. The molecule has 0 aliphatic carbocycles. The van der Waals surface area contributed by atoms with Crippen LogP contribution < -0.4 is 5.73 Å². The molecule has 0 saturated carbocycles. The van der Waals surface area contributed by atoms with Crippen LogP contribution in [0.5, 0.6) is 0 Å². The number of nitrogen functional groups attached to an aromatic ring is 1. The van der Waals surface area contributed by atoms with Crippen molar-refractivity contribution in [2.24, 2.45) is 5.92 Å². The summed E-state index contributed by atoms with van der Waals surface area (Å²) >= 11 is 0. The first-order valence-electron chi connectivity index (χ1n) is 6.09. The molecule has 0 amide bonds. The van der Waals surface area contributed by atoms with Crippen LogP contribution >= 0.6 is 0 Å². The van der Waals surface area contributed by atoms with E-state index < -0.39 is 0 Å². The van der Waals surface area contributed by atoms with E-state index in [1.807, 2.05) is 12.1 Å². The number of likely N-dealkylation sites (tertiary alicyclic amines) is 1. The quantitative estimate of drug-likeness (QED) is 0.829. The number of piperidine rings is 1. The van der Waals surface area contributed by atoms with Crippen molar-refractivity contribution in [2.75, 3.05) is 12.3 Å². The van der Waals surface area contributed by atoms with E-state index in [1.165, 1.54) is 19.4 Å². The van der Waals surface area contributed by atoms with Gasteiger partial charge in [0, 0.05) is 31.0 Å². The van der Waals surface area contributed by atoms with Gasteiger partial charge in [0.2, 0.25) is 0 Å². The van der Waals surface area contributed by atoms with Crippen molar-refractivity contribution >= 4 is 5.69 Å². The molecule has 2 unspecified atom stereocenters. The molecule has 1 aromatic heterocycles. The Morgan fingerprint density at radius 2 is 2.25 bits per heavy atom. The number of aromatic nitrogens is 1. The maximum absolute atomic E-state index is 5.77. The van der Waals surface area contributed by atoms with E-state index in [4.69, 9.17) is 5.73 Å². The Labute approximate surface area is 97.7 Å². The zero-order valence-corrected chi connectivity index (χ0v) is 10.2. The minimum atomic E-state index is 0.666. The smallest absolute Gasteiger partial charge is 0.0564 e. The molecule has 2 heterocycles. The molecule has 2 N–H and O–H groups in total. The third-order valence-corrected chi connectivity index (χ3v) is 3.45. The van der Waals surface area contributed by atoms with Gasteiger partial charge in [-0.1, -0.05) is 6.92 Å². The summed E-state index contributed by atoms with van der Waals surface area (Å²) in [6, 6.07) is 4.48. The number of nitrogens with zero attached hydrogens (tertiary/aromatic N) is 2. The van der Waals surface area contributed by atoms with Gasteiger partial charge in [0.15, 0.2) is 0 Å². The summed E-state index contributed by atoms with van der Waals surface area (Å²) in [5, 5.41) is 0. The number of hydrogen-bond donors (Lipinski definition) is 1. The molecule has 0 bridgehead atoms. The van der Waals surface area contributed by atoms with E-state index in [2.05, 4.69) is 23.7 Å². The lowest BCUT2D eigenvalue weighted by molar-refractivity contribution is 0.116. The summed E-state index contributed by atoms with van der Waals surface area (Å²) in [5.41, 5.74) is 7.66. The number of pyridine rings is 1. The summed E-state index contributed by atoms with van der Waals surface area (Å²) in [4.78, 5) is 6.88. The van der Waals surface area contributed by atoms with Crippen LogP contribution in [0.15, 0.2) is 18.3 Å². The molecule has 2 atom stereocenters. The fraction of sp³-hybridized carbons (Fsp3) is 0.615. The Balaban J connectivity index is 2.02. The molecule has 0 spiro atoms. The lowest BCUT2D eigenvalue weighted by Crippen LogP contribution is -2.40. The molecule has 3 nitrogen and oxygen atoms in total. The van der Waals surface area contributed by atoms with Gasteiger partial charge in [-0.2, -0.15) is 0 Å². The molecule has 88 valence electrons. The summed E-state index contributed by atoms with van der Waals surface area (Å²) < 4.78 is 0. The van der Waals surface area contributed by atoms with Gasteiger partial charge in [0.1, 0.15) is 0 Å². The normalized spacial score (nSPS) is 26.9. The van der Waals surface area contributed by atoms with E-state index in [0.29, 0.717) is 6.04 Å². The Morgan fingerprint density at radius 1 is 1.44 bits per heavy atom. The highest BCUT2D eigenvalue weighted by Crippen LogP contribution is 2.22. The van der Waals surface area contributed by atoms with E-state index in [0.717, 1.165) is 23.8 Å². The van der Waals surface area contributed by atoms with Crippen molar-refractivity contribution in [1.82, 2.24) is 9.88 Å². The van der Waals surface area contributed by atoms with Gasteiger partial charge in [-0.15, -0.1) is 0 Å². The minimum absolute atomic E-state index is 0.666. The van der Waals surface area contributed by atoms with Crippen LogP contribution in [0.2, 0.25) is 0 Å². The van der Waals surface area contributed by atoms with E-state index in [-0.39, 0.29) is 0 Å². The highest BCUT2D eigenvalue weighted by molar-refractivity contribution is 5.37. The van der Waals surface area contributed by atoms with Gasteiger partial charge in [-0.05, 0) is 37.8 Å². The second-order valence-corrected chi connectivity index (χ2v) is 5.04. The first kappa shape index (κ1) is 11.4. The molecule has 0 aromatic carbocycles. The third kappa shape index (κ3) is 2.73. The highest BCUT2D eigenvalue weighted by atomic mass is 15.2. The average molecular weight is 219 g/mol. The first-order valence-corrected chi connectivity index (χ1v) is 6.09. The number of rotatable bonds is 2. The molecule has 3 heteroatoms. The number of nitrogens with two attached hydrogens (primary N) is 1. The van der Waals surface area contributed by atoms with E-state index in [9.17, 15) is 0 Å². The van der Waals surface area contributed by atoms with Gasteiger partial charge in [-0.3, -0.25) is 9.88 Å². The summed E-state index contributed by atoms with van der Waals surface area (Å²) in [6.45, 7) is 6.73. The molecule has 0 radical (unpaired) electrons. The molecular formula is C13H21N3. The van der Waals surface area contributed by atoms with Crippen LogP contribution in [0.1, 0.15) is 32.4 Å². The van der Waals surface area contributed by atoms with Crippen LogP contribution in [-0.4, -0.2) is 22.5 Å². The maximum Gasteiger partial charge on any atom is 0.0564 e. The Bertz CT molecular complexity index is 351. The third-order valence-electron chi connectivity index (χ3n) is 3.45. The average Bonchev–Trinajstić information content (AvgIpc) is 2.24. The lowest BCUT2D eigenvalue weighted by Gasteiger charge is -2.36. The molecule has 1 saturated heterocycles. The number of anilines is 1. The largest absolute Gasteiger partial charge is 0.399 e. The standard InChI is InChI=1S/C13H21N3/c1-10-3-4-11(2)16(8-10)9-13-7-12(14)5-6-15-13/h5-7,10-11H,3-4,8-9H2,1-2H3,(H2,14,15). The highest BCUT2D eigenvalue weighted by Gasteiger charge is 2.22. The fourth-order valence-corrected chi connectivity index (χ4v) is 2.39. The Kier molecular flexibility index (Phi) is 3.44. The first-order chi connectivity index (χ1) is 7.65. The van der Waals surface area contributed by atoms with Crippen LogP contribution in [-0.2, 0) is 6.54 Å². The molecule has 2 rings (SSSR count). The fourth-order valence-electron chi connectivity index (χ4n) is 2.39. The molecule has 1 aliphatic heterocycles. The molecule has 1 fully saturated rings. The van der Waals surface area contributed by atoms with Gasteiger partial charge in [0.05, 0.1) is 5.69 Å². The van der Waals surface area contributed by atoms with Crippen molar-refractivity contribution in [3.05, 3.63) is 24.0 Å². The van der Waals surface area contributed by atoms with Crippen molar-refractivity contribution in [1.29, 1.82) is 0 Å². The van der Waals surface area contributed by atoms with Crippen molar-refractivity contribution in [2.45, 2.75) is 39.3 Å².